The molecule has 0 aliphatic carbocycles. The van der Waals surface area contributed by atoms with E-state index < -0.39 is 9.84 Å². The molecule has 0 saturated carbocycles. The topological polar surface area (TPSA) is 34.1 Å². The zero-order valence-electron chi connectivity index (χ0n) is 4.57. The quantitative estimate of drug-likeness (QED) is 0.622. The van der Waals surface area contributed by atoms with Crippen LogP contribution in [0.4, 0.5) is 0 Å². The minimum absolute atomic E-state index is 0.299. The third kappa shape index (κ3) is 1.53. The van der Waals surface area contributed by atoms with E-state index in [9.17, 15) is 8.42 Å². The second kappa shape index (κ2) is 2.11. The van der Waals surface area contributed by atoms with Gasteiger partial charge in [0.05, 0.1) is 11.2 Å². The molecule has 49 valence electrons. The molecule has 0 amide bonds. The van der Waals surface area contributed by atoms with Crippen molar-refractivity contribution in [2.75, 3.05) is 0 Å². The van der Waals surface area contributed by atoms with Gasteiger partial charge in [-0.25, -0.2) is 8.42 Å². The van der Waals surface area contributed by atoms with Crippen LogP contribution >= 0.6 is 11.3 Å². The van der Waals surface area contributed by atoms with Gasteiger partial charge in [0.25, 0.3) is 0 Å². The first kappa shape index (κ1) is 6.77. The zero-order chi connectivity index (χ0) is 6.91. The SMILES string of the molecule is [CH2]S(=O)(=O)c1ccsc1. The smallest absolute Gasteiger partial charge is 0.180 e. The number of rotatable bonds is 1. The molecule has 1 rings (SSSR count). The van der Waals surface area contributed by atoms with E-state index in [1.54, 1.807) is 10.8 Å². The van der Waals surface area contributed by atoms with Crippen LogP contribution in [0.1, 0.15) is 0 Å². The maximum Gasteiger partial charge on any atom is 0.180 e. The summed E-state index contributed by atoms with van der Waals surface area (Å²) < 4.78 is 21.2. The van der Waals surface area contributed by atoms with Crippen molar-refractivity contribution in [1.29, 1.82) is 0 Å². The first-order valence-corrected chi connectivity index (χ1v) is 4.80. The molecule has 0 aliphatic heterocycles. The molecule has 0 N–H and O–H groups in total. The summed E-state index contributed by atoms with van der Waals surface area (Å²) in [5.41, 5.74) is 0. The van der Waals surface area contributed by atoms with E-state index in [1.165, 1.54) is 17.4 Å². The summed E-state index contributed by atoms with van der Waals surface area (Å²) in [4.78, 5) is 0.299. The van der Waals surface area contributed by atoms with Crippen molar-refractivity contribution in [3.63, 3.8) is 0 Å². The molecule has 4 heteroatoms. The molecule has 0 spiro atoms. The summed E-state index contributed by atoms with van der Waals surface area (Å²) in [6, 6.07) is 1.53. The lowest BCUT2D eigenvalue weighted by molar-refractivity contribution is 0.604. The van der Waals surface area contributed by atoms with E-state index in [0.29, 0.717) is 4.90 Å². The Labute approximate surface area is 58.1 Å². The molecule has 9 heavy (non-hydrogen) atoms. The van der Waals surface area contributed by atoms with Crippen LogP contribution in [0.15, 0.2) is 21.7 Å². The second-order valence-corrected chi connectivity index (χ2v) is 4.05. The van der Waals surface area contributed by atoms with E-state index in [1.807, 2.05) is 0 Å². The highest BCUT2D eigenvalue weighted by Gasteiger charge is 2.04. The van der Waals surface area contributed by atoms with Crippen molar-refractivity contribution >= 4 is 21.2 Å². The largest absolute Gasteiger partial charge is 0.224 e. The van der Waals surface area contributed by atoms with E-state index >= 15 is 0 Å². The van der Waals surface area contributed by atoms with Gasteiger partial charge in [-0.3, -0.25) is 0 Å². The highest BCUT2D eigenvalue weighted by atomic mass is 32.2. The van der Waals surface area contributed by atoms with Gasteiger partial charge in [0, 0.05) is 5.38 Å². The predicted octanol–water partition coefficient (Wildman–Crippen LogP) is 1.31. The fraction of sp³-hybridized carbons (Fsp3) is 0. The van der Waals surface area contributed by atoms with Crippen molar-refractivity contribution in [3.8, 4) is 0 Å². The molecule has 0 atom stereocenters. The first-order valence-electron chi connectivity index (χ1n) is 2.21. The van der Waals surface area contributed by atoms with Crippen LogP contribution < -0.4 is 0 Å². The molecule has 0 aromatic carbocycles. The summed E-state index contributed by atoms with van der Waals surface area (Å²) in [5.74, 6) is 0. The maximum atomic E-state index is 10.6. The Kier molecular flexibility index (Phi) is 1.59. The van der Waals surface area contributed by atoms with Crippen molar-refractivity contribution in [2.24, 2.45) is 0 Å². The van der Waals surface area contributed by atoms with Gasteiger partial charge < -0.3 is 0 Å². The zero-order valence-corrected chi connectivity index (χ0v) is 6.21. The van der Waals surface area contributed by atoms with Gasteiger partial charge >= 0.3 is 0 Å². The molecule has 0 fully saturated rings. The third-order valence-electron chi connectivity index (χ3n) is 0.854. The minimum Gasteiger partial charge on any atom is -0.224 e. The van der Waals surface area contributed by atoms with Gasteiger partial charge in [-0.15, -0.1) is 0 Å². The van der Waals surface area contributed by atoms with Gasteiger partial charge in [-0.05, 0) is 11.4 Å². The Balaban J connectivity index is 3.20. The molecule has 1 aromatic heterocycles. The molecule has 1 heterocycles. The Morgan fingerprint density at radius 1 is 1.56 bits per heavy atom. The van der Waals surface area contributed by atoms with Crippen LogP contribution in [0, 0.1) is 6.26 Å². The Morgan fingerprint density at radius 2 is 2.22 bits per heavy atom. The Bertz CT molecular complexity index is 270. The highest BCUT2D eigenvalue weighted by Crippen LogP contribution is 2.12. The van der Waals surface area contributed by atoms with Gasteiger partial charge in [0.15, 0.2) is 9.84 Å². The lowest BCUT2D eigenvalue weighted by atomic mass is 10.7. The molecule has 2 nitrogen and oxygen atoms in total. The molecule has 0 saturated heterocycles. The van der Waals surface area contributed by atoms with E-state index in [4.69, 9.17) is 0 Å². The predicted molar refractivity (Wildman–Crippen MR) is 36.9 cm³/mol. The average molecular weight is 161 g/mol. The summed E-state index contributed by atoms with van der Waals surface area (Å²) in [6.45, 7) is 0. The van der Waals surface area contributed by atoms with E-state index in [0.717, 1.165) is 0 Å². The Morgan fingerprint density at radius 3 is 2.44 bits per heavy atom. The summed E-state index contributed by atoms with van der Waals surface area (Å²) >= 11 is 1.35. The van der Waals surface area contributed by atoms with Gasteiger partial charge in [-0.1, -0.05) is 0 Å². The fourth-order valence-corrected chi connectivity index (χ4v) is 2.06. The van der Waals surface area contributed by atoms with E-state index in [-0.39, 0.29) is 0 Å². The lowest BCUT2D eigenvalue weighted by Crippen LogP contribution is -1.89. The average Bonchev–Trinajstić information content (AvgIpc) is 2.08. The number of hydrogen-bond acceptors (Lipinski definition) is 3. The second-order valence-electron chi connectivity index (χ2n) is 1.57. The summed E-state index contributed by atoms with van der Waals surface area (Å²) in [7, 11) is -3.20. The van der Waals surface area contributed by atoms with Crippen molar-refractivity contribution in [1.82, 2.24) is 0 Å². The molecule has 0 unspecified atom stereocenters. The van der Waals surface area contributed by atoms with Crippen LogP contribution in [0.3, 0.4) is 0 Å². The maximum absolute atomic E-state index is 10.6. The normalized spacial score (nSPS) is 11.7. The molecule has 0 aliphatic rings. The Hall–Kier alpha value is -0.350. The molecule has 1 aromatic rings. The van der Waals surface area contributed by atoms with Crippen molar-refractivity contribution < 1.29 is 8.42 Å². The first-order chi connectivity index (χ1) is 4.11. The summed E-state index contributed by atoms with van der Waals surface area (Å²) in [5, 5.41) is 3.26. The highest BCUT2D eigenvalue weighted by molar-refractivity contribution is 7.92. The van der Waals surface area contributed by atoms with E-state index in [2.05, 4.69) is 6.26 Å². The van der Waals surface area contributed by atoms with Crippen LogP contribution in [0.25, 0.3) is 0 Å². The standard InChI is InChI=1S/C5H5O2S2/c1-9(6,7)5-2-3-8-4-5/h2-4H,1H2. The lowest BCUT2D eigenvalue weighted by Gasteiger charge is -1.86. The van der Waals surface area contributed by atoms with Gasteiger partial charge in [0.2, 0.25) is 0 Å². The van der Waals surface area contributed by atoms with Crippen LogP contribution in [-0.4, -0.2) is 8.42 Å². The number of hydrogen-bond donors (Lipinski definition) is 0. The third-order valence-corrected chi connectivity index (χ3v) is 2.66. The monoisotopic (exact) mass is 161 g/mol. The summed E-state index contributed by atoms with van der Waals surface area (Å²) in [6.07, 6.45) is 2.99. The van der Waals surface area contributed by atoms with Crippen molar-refractivity contribution in [2.45, 2.75) is 4.90 Å². The van der Waals surface area contributed by atoms with Gasteiger partial charge in [-0.2, -0.15) is 11.3 Å². The molecular formula is C5H5O2S2. The molecule has 1 radical (unpaired) electrons. The molecule has 0 bridgehead atoms. The fourth-order valence-electron chi connectivity index (χ4n) is 0.429. The van der Waals surface area contributed by atoms with Crippen LogP contribution in [0.5, 0.6) is 0 Å². The number of sulfone groups is 1. The van der Waals surface area contributed by atoms with Crippen LogP contribution in [0.2, 0.25) is 0 Å². The minimum atomic E-state index is -3.20. The molecular weight excluding hydrogens is 156 g/mol. The number of thiophene rings is 1. The van der Waals surface area contributed by atoms with Crippen LogP contribution in [-0.2, 0) is 9.84 Å². The van der Waals surface area contributed by atoms with Gasteiger partial charge in [0.1, 0.15) is 0 Å². The van der Waals surface area contributed by atoms with Crippen molar-refractivity contribution in [3.05, 3.63) is 23.1 Å².